The maximum absolute atomic E-state index is 13.3. The van der Waals surface area contributed by atoms with Crippen LogP contribution in [0.4, 0.5) is 0 Å². The maximum atomic E-state index is 13.3. The molecule has 11 heteroatoms. The highest BCUT2D eigenvalue weighted by Gasteiger charge is 2.40. The van der Waals surface area contributed by atoms with Gasteiger partial charge in [0.15, 0.2) is 0 Å². The number of rotatable bonds is 10. The lowest BCUT2D eigenvalue weighted by atomic mass is 10.1. The van der Waals surface area contributed by atoms with E-state index in [0.29, 0.717) is 28.6 Å². The molecule has 0 aliphatic carbocycles. The number of halogens is 2. The van der Waals surface area contributed by atoms with E-state index in [-0.39, 0.29) is 48.2 Å². The molecule has 3 amide bonds. The van der Waals surface area contributed by atoms with Crippen molar-refractivity contribution in [2.75, 3.05) is 13.1 Å². The van der Waals surface area contributed by atoms with Crippen molar-refractivity contribution in [1.82, 2.24) is 14.5 Å². The minimum Gasteiger partial charge on any atom is -0.355 e. The van der Waals surface area contributed by atoms with Crippen molar-refractivity contribution in [3.8, 4) is 0 Å². The fraction of sp³-hybridized carbons (Fsp3) is 0.375. The van der Waals surface area contributed by atoms with Gasteiger partial charge in [-0.1, -0.05) is 48.3 Å². The molecule has 2 aromatic rings. The Balaban J connectivity index is 1.75. The Morgan fingerprint density at radius 2 is 1.80 bits per heavy atom. The summed E-state index contributed by atoms with van der Waals surface area (Å²) in [6.07, 6.45) is 0.446. The first-order valence-electron chi connectivity index (χ1n) is 11.3. The first kappa shape index (κ1) is 27.0. The molecule has 0 radical (unpaired) electrons. The van der Waals surface area contributed by atoms with Gasteiger partial charge in [0.25, 0.3) is 15.9 Å². The predicted molar refractivity (Wildman–Crippen MR) is 134 cm³/mol. The Morgan fingerprint density at radius 3 is 2.43 bits per heavy atom. The van der Waals surface area contributed by atoms with Crippen molar-refractivity contribution >= 4 is 50.9 Å². The molecule has 0 bridgehead atoms. The van der Waals surface area contributed by atoms with Gasteiger partial charge in [0.05, 0.1) is 15.6 Å². The van der Waals surface area contributed by atoms with Crippen molar-refractivity contribution in [3.63, 3.8) is 0 Å². The molecule has 1 aliphatic rings. The highest BCUT2D eigenvalue weighted by atomic mass is 35.5. The summed E-state index contributed by atoms with van der Waals surface area (Å²) in [7, 11) is -3.95. The van der Waals surface area contributed by atoms with E-state index >= 15 is 0 Å². The van der Waals surface area contributed by atoms with Gasteiger partial charge in [0, 0.05) is 26.1 Å². The third-order valence-corrected chi connectivity index (χ3v) is 8.32. The zero-order valence-electron chi connectivity index (χ0n) is 19.5. The lowest BCUT2D eigenvalue weighted by molar-refractivity contribution is -0.141. The van der Waals surface area contributed by atoms with Crippen molar-refractivity contribution in [2.24, 2.45) is 0 Å². The molecule has 8 nitrogen and oxygen atoms in total. The Bertz CT molecular complexity index is 1240. The Morgan fingerprint density at radius 1 is 1.09 bits per heavy atom. The Labute approximate surface area is 215 Å². The van der Waals surface area contributed by atoms with Crippen LogP contribution in [-0.4, -0.2) is 54.5 Å². The second-order valence-corrected chi connectivity index (χ2v) is 10.7. The highest BCUT2D eigenvalue weighted by molar-refractivity contribution is 7.90. The second kappa shape index (κ2) is 11.4. The van der Waals surface area contributed by atoms with Crippen LogP contribution in [0.15, 0.2) is 47.4 Å². The van der Waals surface area contributed by atoms with Crippen molar-refractivity contribution in [2.45, 2.75) is 50.6 Å². The van der Waals surface area contributed by atoms with E-state index in [2.05, 4.69) is 5.32 Å². The van der Waals surface area contributed by atoms with Gasteiger partial charge in [-0.25, -0.2) is 12.7 Å². The number of carbonyl (C=O) groups is 3. The molecule has 0 saturated carbocycles. The number of nitrogens with zero attached hydrogens (tertiary/aromatic N) is 2. The van der Waals surface area contributed by atoms with Gasteiger partial charge in [-0.15, -0.1) is 0 Å². The second-order valence-electron chi connectivity index (χ2n) is 8.07. The van der Waals surface area contributed by atoms with Gasteiger partial charge in [0.2, 0.25) is 11.8 Å². The zero-order chi connectivity index (χ0) is 25.8. The summed E-state index contributed by atoms with van der Waals surface area (Å²) >= 11 is 12.1. The lowest BCUT2D eigenvalue weighted by Gasteiger charge is -2.31. The number of likely N-dealkylation sites (N-methyl/N-ethyl adjacent to an activating group) is 1. The number of nitrogens with one attached hydrogen (secondary N) is 1. The third kappa shape index (κ3) is 5.79. The normalized spacial score (nSPS) is 15.0. The molecule has 1 heterocycles. The summed E-state index contributed by atoms with van der Waals surface area (Å²) in [6.45, 7) is 4.00. The fourth-order valence-corrected chi connectivity index (χ4v) is 5.94. The lowest BCUT2D eigenvalue weighted by Crippen LogP contribution is -2.49. The van der Waals surface area contributed by atoms with Crippen molar-refractivity contribution < 1.29 is 22.8 Å². The van der Waals surface area contributed by atoms with E-state index in [4.69, 9.17) is 23.2 Å². The molecule has 2 aromatic carbocycles. The van der Waals surface area contributed by atoms with E-state index in [1.54, 1.807) is 37.3 Å². The summed E-state index contributed by atoms with van der Waals surface area (Å²) in [5.41, 5.74) is 0.825. The molecule has 1 unspecified atom stereocenters. The molecule has 0 saturated heterocycles. The van der Waals surface area contributed by atoms with Crippen LogP contribution in [0.5, 0.6) is 0 Å². The summed E-state index contributed by atoms with van der Waals surface area (Å²) < 4.78 is 26.3. The molecular weight excluding hydrogens is 513 g/mol. The average Bonchev–Trinajstić information content (AvgIpc) is 3.02. The quantitative estimate of drug-likeness (QED) is 0.493. The summed E-state index contributed by atoms with van der Waals surface area (Å²) in [5.74, 6) is -1.22. The van der Waals surface area contributed by atoms with Crippen LogP contribution in [-0.2, 0) is 26.2 Å². The Kier molecular flexibility index (Phi) is 8.79. The molecule has 3 rings (SSSR count). The van der Waals surface area contributed by atoms with Gasteiger partial charge >= 0.3 is 0 Å². The maximum Gasteiger partial charge on any atom is 0.269 e. The van der Waals surface area contributed by atoms with Crippen molar-refractivity contribution in [1.29, 1.82) is 0 Å². The number of hydrogen-bond donors (Lipinski definition) is 1. The van der Waals surface area contributed by atoms with E-state index in [1.807, 2.05) is 6.92 Å². The van der Waals surface area contributed by atoms with Crippen LogP contribution in [0.2, 0.25) is 10.0 Å². The monoisotopic (exact) mass is 539 g/mol. The number of hydrogen-bond acceptors (Lipinski definition) is 5. The topological polar surface area (TPSA) is 104 Å². The highest BCUT2D eigenvalue weighted by Crippen LogP contribution is 2.30. The summed E-state index contributed by atoms with van der Waals surface area (Å²) in [6, 6.07) is 10.3. The zero-order valence-corrected chi connectivity index (χ0v) is 21.8. The average molecular weight is 540 g/mol. The van der Waals surface area contributed by atoms with E-state index < -0.39 is 22.0 Å². The van der Waals surface area contributed by atoms with Crippen LogP contribution in [0, 0.1) is 0 Å². The summed E-state index contributed by atoms with van der Waals surface area (Å²) in [4.78, 5) is 40.0. The number of fused-ring (bicyclic) bond motifs is 1. The molecule has 1 N–H and O–H groups in total. The minimum atomic E-state index is -3.95. The van der Waals surface area contributed by atoms with Crippen LogP contribution in [0.3, 0.4) is 0 Å². The third-order valence-electron chi connectivity index (χ3n) is 5.74. The molecule has 188 valence electrons. The SMILES string of the molecule is CCNC(=O)C(CC)N(Cc1ccc(Cl)c(Cl)c1)C(=O)CCCN1C(=O)c2ccccc2S1(=O)=O. The van der Waals surface area contributed by atoms with Gasteiger partial charge in [-0.2, -0.15) is 0 Å². The van der Waals surface area contributed by atoms with Gasteiger partial charge in [-0.05, 0) is 49.6 Å². The number of benzene rings is 2. The molecule has 0 fully saturated rings. The van der Waals surface area contributed by atoms with Crippen LogP contribution < -0.4 is 5.32 Å². The number of carbonyl (C=O) groups excluding carboxylic acids is 3. The van der Waals surface area contributed by atoms with Crippen LogP contribution in [0.1, 0.15) is 49.0 Å². The first-order valence-corrected chi connectivity index (χ1v) is 13.5. The standard InChI is InChI=1S/C24H27Cl2N3O5S/c1-3-20(23(31)27-4-2)28(15-16-11-12-18(25)19(26)14-16)22(30)10-7-13-29-24(32)17-8-5-6-9-21(17)35(29,33)34/h5-6,8-9,11-12,14,20H,3-4,7,10,13,15H2,1-2H3,(H,27,31). The van der Waals surface area contributed by atoms with Crippen LogP contribution >= 0.6 is 23.2 Å². The van der Waals surface area contributed by atoms with E-state index in [9.17, 15) is 22.8 Å². The molecular formula is C24H27Cl2N3O5S. The summed E-state index contributed by atoms with van der Waals surface area (Å²) in [5, 5.41) is 3.46. The number of amides is 3. The Hall–Kier alpha value is -2.62. The van der Waals surface area contributed by atoms with Gasteiger partial charge in [0.1, 0.15) is 10.9 Å². The minimum absolute atomic E-state index is 0.0279. The van der Waals surface area contributed by atoms with Crippen molar-refractivity contribution in [3.05, 3.63) is 63.6 Å². The van der Waals surface area contributed by atoms with E-state index in [1.165, 1.54) is 17.0 Å². The van der Waals surface area contributed by atoms with Gasteiger partial charge in [-0.3, -0.25) is 14.4 Å². The molecule has 0 aromatic heterocycles. The molecule has 35 heavy (non-hydrogen) atoms. The fourth-order valence-electron chi connectivity index (χ4n) is 4.02. The van der Waals surface area contributed by atoms with Crippen LogP contribution in [0.25, 0.3) is 0 Å². The smallest absolute Gasteiger partial charge is 0.269 e. The molecule has 1 aliphatic heterocycles. The largest absolute Gasteiger partial charge is 0.355 e. The predicted octanol–water partition coefficient (Wildman–Crippen LogP) is 3.86. The first-order chi connectivity index (χ1) is 16.6. The molecule has 1 atom stereocenters. The number of sulfonamides is 1. The van der Waals surface area contributed by atoms with Gasteiger partial charge < -0.3 is 10.2 Å². The molecule has 0 spiro atoms. The van der Waals surface area contributed by atoms with E-state index in [0.717, 1.165) is 4.31 Å².